The summed E-state index contributed by atoms with van der Waals surface area (Å²) in [6.45, 7) is 7.88. The molecule has 0 saturated carbocycles. The molecule has 2 aromatic carbocycles. The van der Waals surface area contributed by atoms with Crippen LogP contribution in [-0.2, 0) is 9.84 Å². The zero-order valence-corrected chi connectivity index (χ0v) is 19.2. The van der Waals surface area contributed by atoms with Crippen molar-refractivity contribution in [1.29, 1.82) is 0 Å². The highest BCUT2D eigenvalue weighted by Crippen LogP contribution is 2.32. The lowest BCUT2D eigenvalue weighted by Gasteiger charge is -2.28. The van der Waals surface area contributed by atoms with Crippen LogP contribution in [0.25, 0.3) is 0 Å². The SMILES string of the molecule is CC1c2ccccc2OCCN1CCS(=O)(=O)CCN1CCOc2ccccc2C1C. The minimum absolute atomic E-state index is 0.133. The molecule has 2 atom stereocenters. The number of hydrogen-bond donors (Lipinski definition) is 0. The highest BCUT2D eigenvalue weighted by Gasteiger charge is 2.26. The highest BCUT2D eigenvalue weighted by molar-refractivity contribution is 7.91. The van der Waals surface area contributed by atoms with Crippen molar-refractivity contribution >= 4 is 9.84 Å². The Kier molecular flexibility index (Phi) is 6.84. The molecule has 0 N–H and O–H groups in total. The van der Waals surface area contributed by atoms with Crippen molar-refractivity contribution < 1.29 is 17.9 Å². The average molecular weight is 445 g/mol. The lowest BCUT2D eigenvalue weighted by atomic mass is 10.1. The summed E-state index contributed by atoms with van der Waals surface area (Å²) in [6.07, 6.45) is 0. The monoisotopic (exact) mass is 444 g/mol. The first-order valence-electron chi connectivity index (χ1n) is 11.1. The number of para-hydroxylation sites is 2. The Labute approximate surface area is 185 Å². The van der Waals surface area contributed by atoms with Crippen molar-refractivity contribution in [1.82, 2.24) is 9.80 Å². The van der Waals surface area contributed by atoms with Crippen molar-refractivity contribution in [2.24, 2.45) is 0 Å². The molecule has 0 saturated heterocycles. The summed E-state index contributed by atoms with van der Waals surface area (Å²) in [7, 11) is -3.17. The van der Waals surface area contributed by atoms with Gasteiger partial charge in [-0.25, -0.2) is 8.42 Å². The number of ether oxygens (including phenoxy) is 2. The zero-order valence-electron chi connectivity index (χ0n) is 18.4. The van der Waals surface area contributed by atoms with E-state index in [-0.39, 0.29) is 23.6 Å². The smallest absolute Gasteiger partial charge is 0.152 e. The third kappa shape index (κ3) is 5.22. The molecule has 6 nitrogen and oxygen atoms in total. The third-order valence-electron chi connectivity index (χ3n) is 6.48. The fourth-order valence-corrected chi connectivity index (χ4v) is 5.70. The van der Waals surface area contributed by atoms with E-state index in [0.29, 0.717) is 26.3 Å². The molecule has 31 heavy (non-hydrogen) atoms. The van der Waals surface area contributed by atoms with Gasteiger partial charge in [-0.05, 0) is 26.0 Å². The van der Waals surface area contributed by atoms with Gasteiger partial charge < -0.3 is 9.47 Å². The van der Waals surface area contributed by atoms with Gasteiger partial charge in [0.15, 0.2) is 9.84 Å². The summed E-state index contributed by atoms with van der Waals surface area (Å²) >= 11 is 0. The Bertz CT molecular complexity index is 921. The predicted octanol–water partition coefficient (Wildman–Crippen LogP) is 3.31. The topological polar surface area (TPSA) is 59.1 Å². The van der Waals surface area contributed by atoms with Crippen LogP contribution in [0.5, 0.6) is 11.5 Å². The van der Waals surface area contributed by atoms with Gasteiger partial charge in [0.05, 0.1) is 11.5 Å². The molecule has 168 valence electrons. The fourth-order valence-electron chi connectivity index (χ4n) is 4.47. The first kappa shape index (κ1) is 22.1. The number of benzene rings is 2. The molecular formula is C24H32N2O4S. The Morgan fingerprint density at radius 2 is 1.19 bits per heavy atom. The van der Waals surface area contributed by atoms with E-state index < -0.39 is 9.84 Å². The number of rotatable bonds is 6. The molecule has 2 aliphatic heterocycles. The van der Waals surface area contributed by atoms with Crippen LogP contribution in [0, 0.1) is 0 Å². The van der Waals surface area contributed by atoms with E-state index in [1.807, 2.05) is 36.4 Å². The maximum absolute atomic E-state index is 12.9. The molecule has 7 heteroatoms. The van der Waals surface area contributed by atoms with Gasteiger partial charge in [0.25, 0.3) is 0 Å². The van der Waals surface area contributed by atoms with E-state index in [9.17, 15) is 8.42 Å². The van der Waals surface area contributed by atoms with Crippen LogP contribution < -0.4 is 9.47 Å². The summed E-state index contributed by atoms with van der Waals surface area (Å²) in [6, 6.07) is 16.3. The lowest BCUT2D eigenvalue weighted by molar-refractivity contribution is 0.198. The highest BCUT2D eigenvalue weighted by atomic mass is 32.2. The maximum atomic E-state index is 12.9. The molecule has 2 heterocycles. The first-order chi connectivity index (χ1) is 14.9. The zero-order chi connectivity index (χ0) is 21.8. The number of sulfone groups is 1. The van der Waals surface area contributed by atoms with E-state index in [4.69, 9.17) is 9.47 Å². The lowest BCUT2D eigenvalue weighted by Crippen LogP contribution is -2.37. The number of fused-ring (bicyclic) bond motifs is 2. The molecule has 0 amide bonds. The Morgan fingerprint density at radius 1 is 0.774 bits per heavy atom. The van der Waals surface area contributed by atoms with Gasteiger partial charge in [-0.15, -0.1) is 0 Å². The van der Waals surface area contributed by atoms with E-state index >= 15 is 0 Å². The van der Waals surface area contributed by atoms with E-state index in [2.05, 4.69) is 35.8 Å². The first-order valence-corrected chi connectivity index (χ1v) is 12.9. The van der Waals surface area contributed by atoms with Crippen LogP contribution in [0.1, 0.15) is 37.1 Å². The second-order valence-electron chi connectivity index (χ2n) is 8.35. The molecule has 0 fully saturated rings. The van der Waals surface area contributed by atoms with E-state index in [0.717, 1.165) is 35.7 Å². The Balaban J connectivity index is 1.35. The molecule has 4 rings (SSSR count). The van der Waals surface area contributed by atoms with Gasteiger partial charge in [0.1, 0.15) is 24.7 Å². The van der Waals surface area contributed by atoms with E-state index in [1.165, 1.54) is 0 Å². The largest absolute Gasteiger partial charge is 0.492 e. The quantitative estimate of drug-likeness (QED) is 0.681. The van der Waals surface area contributed by atoms with Gasteiger partial charge in [-0.2, -0.15) is 0 Å². The van der Waals surface area contributed by atoms with Gasteiger partial charge in [0, 0.05) is 49.4 Å². The maximum Gasteiger partial charge on any atom is 0.152 e. The minimum Gasteiger partial charge on any atom is -0.492 e. The number of nitrogens with zero attached hydrogens (tertiary/aromatic N) is 2. The van der Waals surface area contributed by atoms with Crippen molar-refractivity contribution in [3.8, 4) is 11.5 Å². The molecule has 0 bridgehead atoms. The molecule has 0 radical (unpaired) electrons. The summed E-state index contributed by atoms with van der Waals surface area (Å²) in [5, 5.41) is 0. The van der Waals surface area contributed by atoms with Crippen molar-refractivity contribution in [3.05, 3.63) is 59.7 Å². The van der Waals surface area contributed by atoms with Crippen LogP contribution in [0.3, 0.4) is 0 Å². The molecule has 2 unspecified atom stereocenters. The second-order valence-corrected chi connectivity index (χ2v) is 10.7. The second kappa shape index (κ2) is 9.59. The Morgan fingerprint density at radius 3 is 1.65 bits per heavy atom. The molecule has 2 aliphatic rings. The van der Waals surface area contributed by atoms with Crippen LogP contribution in [0.2, 0.25) is 0 Å². The summed E-state index contributed by atoms with van der Waals surface area (Å²) in [4.78, 5) is 4.42. The van der Waals surface area contributed by atoms with Crippen molar-refractivity contribution in [2.75, 3.05) is 50.9 Å². The van der Waals surface area contributed by atoms with Crippen LogP contribution in [0.4, 0.5) is 0 Å². The number of hydrogen-bond acceptors (Lipinski definition) is 6. The summed E-state index contributed by atoms with van der Waals surface area (Å²) < 4.78 is 37.5. The van der Waals surface area contributed by atoms with Gasteiger partial charge in [-0.3, -0.25) is 9.80 Å². The molecule has 2 aromatic rings. The van der Waals surface area contributed by atoms with Crippen LogP contribution in [-0.4, -0.2) is 69.1 Å². The van der Waals surface area contributed by atoms with E-state index in [1.54, 1.807) is 0 Å². The van der Waals surface area contributed by atoms with Gasteiger partial charge in [-0.1, -0.05) is 36.4 Å². The summed E-state index contributed by atoms with van der Waals surface area (Å²) in [5.41, 5.74) is 2.24. The summed E-state index contributed by atoms with van der Waals surface area (Å²) in [5.74, 6) is 2.12. The molecule has 0 spiro atoms. The third-order valence-corrected chi connectivity index (χ3v) is 8.09. The van der Waals surface area contributed by atoms with Gasteiger partial charge in [0.2, 0.25) is 0 Å². The standard InChI is InChI=1S/C24H32N2O4S/c1-19-21-7-3-5-9-23(21)29-15-11-25(19)13-17-31(27,28)18-14-26-12-16-30-24-10-6-4-8-22(24)20(26)2/h3-10,19-20H,11-18H2,1-2H3. The molecule has 0 aromatic heterocycles. The minimum atomic E-state index is -3.17. The predicted molar refractivity (Wildman–Crippen MR) is 123 cm³/mol. The van der Waals surface area contributed by atoms with Crippen LogP contribution in [0.15, 0.2) is 48.5 Å². The fraction of sp³-hybridized carbons (Fsp3) is 0.500. The van der Waals surface area contributed by atoms with Crippen molar-refractivity contribution in [2.45, 2.75) is 25.9 Å². The van der Waals surface area contributed by atoms with Gasteiger partial charge >= 0.3 is 0 Å². The van der Waals surface area contributed by atoms with Crippen molar-refractivity contribution in [3.63, 3.8) is 0 Å². The Hall–Kier alpha value is -2.09. The average Bonchev–Trinajstić information content (AvgIpc) is 3.03. The normalized spacial score (nSPS) is 22.4. The van der Waals surface area contributed by atoms with Crippen LogP contribution >= 0.6 is 0 Å². The molecular weight excluding hydrogens is 412 g/mol. The molecule has 0 aliphatic carbocycles.